The van der Waals surface area contributed by atoms with Crippen molar-refractivity contribution in [2.75, 3.05) is 19.7 Å². The topological polar surface area (TPSA) is 66.8 Å². The van der Waals surface area contributed by atoms with Gasteiger partial charge in [0, 0.05) is 18.1 Å². The SMILES string of the molecule is CC1(C)CN(S(=O)(=O)c2cc(CO)c(Cl)cc2Cl)CCO1. The highest BCUT2D eigenvalue weighted by atomic mass is 35.5. The molecule has 1 N–H and O–H groups in total. The van der Waals surface area contributed by atoms with Crippen molar-refractivity contribution in [3.8, 4) is 0 Å². The Morgan fingerprint density at radius 2 is 2.00 bits per heavy atom. The molecule has 0 radical (unpaired) electrons. The van der Waals surface area contributed by atoms with Gasteiger partial charge in [0.25, 0.3) is 0 Å². The Kier molecular flexibility index (Phi) is 4.87. The van der Waals surface area contributed by atoms with Gasteiger partial charge >= 0.3 is 0 Å². The molecule has 1 aromatic rings. The standard InChI is InChI=1S/C13H17Cl2NO4S/c1-13(2)8-16(3-4-20-13)21(18,19)12-5-9(7-17)10(14)6-11(12)15/h5-6,17H,3-4,7-8H2,1-2H3. The van der Waals surface area contributed by atoms with E-state index in [2.05, 4.69) is 0 Å². The van der Waals surface area contributed by atoms with Crippen molar-refractivity contribution in [2.45, 2.75) is 31.0 Å². The highest BCUT2D eigenvalue weighted by Crippen LogP contribution is 2.32. The first-order valence-electron chi connectivity index (χ1n) is 6.40. The molecule has 0 atom stereocenters. The maximum Gasteiger partial charge on any atom is 0.244 e. The molecule has 8 heteroatoms. The summed E-state index contributed by atoms with van der Waals surface area (Å²) < 4.78 is 32.3. The molecule has 0 spiro atoms. The fraction of sp³-hybridized carbons (Fsp3) is 0.538. The molecule has 1 saturated heterocycles. The van der Waals surface area contributed by atoms with Crippen LogP contribution in [0.3, 0.4) is 0 Å². The first kappa shape index (κ1) is 17.0. The molecule has 0 aliphatic carbocycles. The summed E-state index contributed by atoms with van der Waals surface area (Å²) in [5.41, 5.74) is -0.225. The van der Waals surface area contributed by atoms with Gasteiger partial charge < -0.3 is 9.84 Å². The molecule has 5 nitrogen and oxygen atoms in total. The van der Waals surface area contributed by atoms with E-state index in [4.69, 9.17) is 27.9 Å². The minimum Gasteiger partial charge on any atom is -0.392 e. The highest BCUT2D eigenvalue weighted by molar-refractivity contribution is 7.89. The average Bonchev–Trinajstić information content (AvgIpc) is 2.37. The number of hydrogen-bond donors (Lipinski definition) is 1. The molecule has 1 heterocycles. The van der Waals surface area contributed by atoms with Gasteiger partial charge in [-0.2, -0.15) is 4.31 Å². The van der Waals surface area contributed by atoms with Gasteiger partial charge in [0.05, 0.1) is 23.8 Å². The number of rotatable bonds is 3. The van der Waals surface area contributed by atoms with Crippen molar-refractivity contribution in [1.29, 1.82) is 0 Å². The van der Waals surface area contributed by atoms with E-state index in [-0.39, 0.29) is 34.6 Å². The summed E-state index contributed by atoms with van der Waals surface area (Å²) in [6.45, 7) is 4.13. The van der Waals surface area contributed by atoms with Gasteiger partial charge in [-0.1, -0.05) is 23.2 Å². The van der Waals surface area contributed by atoms with Crippen molar-refractivity contribution in [1.82, 2.24) is 4.31 Å². The Balaban J connectivity index is 2.44. The zero-order chi connectivity index (χ0) is 15.8. The minimum absolute atomic E-state index is 0.0431. The van der Waals surface area contributed by atoms with Gasteiger partial charge in [-0.25, -0.2) is 8.42 Å². The molecule has 0 bridgehead atoms. The summed E-state index contributed by atoms with van der Waals surface area (Å²) in [7, 11) is -3.76. The summed E-state index contributed by atoms with van der Waals surface area (Å²) in [5.74, 6) is 0. The van der Waals surface area contributed by atoms with Crippen LogP contribution in [0, 0.1) is 0 Å². The summed E-state index contributed by atoms with van der Waals surface area (Å²) >= 11 is 11.9. The largest absolute Gasteiger partial charge is 0.392 e. The lowest BCUT2D eigenvalue weighted by atomic mass is 10.1. The normalized spacial score (nSPS) is 19.7. The van der Waals surface area contributed by atoms with Crippen molar-refractivity contribution in [2.24, 2.45) is 0 Å². The van der Waals surface area contributed by atoms with Gasteiger partial charge in [0.15, 0.2) is 0 Å². The van der Waals surface area contributed by atoms with Gasteiger partial charge in [0.2, 0.25) is 10.0 Å². The Morgan fingerprint density at radius 3 is 2.57 bits per heavy atom. The van der Waals surface area contributed by atoms with Crippen molar-refractivity contribution >= 4 is 33.2 Å². The van der Waals surface area contributed by atoms with E-state index in [1.165, 1.54) is 16.4 Å². The highest BCUT2D eigenvalue weighted by Gasteiger charge is 2.36. The number of morpholine rings is 1. The number of ether oxygens (including phenoxy) is 1. The van der Waals surface area contributed by atoms with Gasteiger partial charge in [0.1, 0.15) is 4.90 Å². The van der Waals surface area contributed by atoms with E-state index in [1.807, 2.05) is 13.8 Å². The molecule has 2 rings (SSSR count). The fourth-order valence-electron chi connectivity index (χ4n) is 2.21. The van der Waals surface area contributed by atoms with E-state index in [0.717, 1.165) is 0 Å². The summed E-state index contributed by atoms with van der Waals surface area (Å²) in [4.78, 5) is -0.0460. The summed E-state index contributed by atoms with van der Waals surface area (Å²) in [6, 6.07) is 2.66. The molecule has 118 valence electrons. The number of aliphatic hydroxyl groups is 1. The quantitative estimate of drug-likeness (QED) is 0.905. The second-order valence-electron chi connectivity index (χ2n) is 5.48. The maximum absolute atomic E-state index is 12.7. The predicted octanol–water partition coefficient (Wildman–Crippen LogP) is 2.29. The van der Waals surface area contributed by atoms with Crippen LogP contribution in [-0.2, 0) is 21.4 Å². The van der Waals surface area contributed by atoms with Gasteiger partial charge in [-0.3, -0.25) is 0 Å². The summed E-state index contributed by atoms with van der Waals surface area (Å²) in [5, 5.41) is 9.52. The van der Waals surface area contributed by atoms with Crippen LogP contribution in [0.25, 0.3) is 0 Å². The van der Waals surface area contributed by atoms with Crippen LogP contribution in [0.15, 0.2) is 17.0 Å². The van der Waals surface area contributed by atoms with Crippen LogP contribution in [0.4, 0.5) is 0 Å². The van der Waals surface area contributed by atoms with Crippen LogP contribution in [0.1, 0.15) is 19.4 Å². The molecule has 1 aliphatic rings. The van der Waals surface area contributed by atoms with Crippen LogP contribution >= 0.6 is 23.2 Å². The van der Waals surface area contributed by atoms with Gasteiger partial charge in [-0.15, -0.1) is 0 Å². The van der Waals surface area contributed by atoms with Crippen LogP contribution in [-0.4, -0.2) is 43.1 Å². The molecule has 21 heavy (non-hydrogen) atoms. The molecule has 1 aromatic carbocycles. The Labute approximate surface area is 134 Å². The second-order valence-corrected chi connectivity index (χ2v) is 8.20. The van der Waals surface area contributed by atoms with E-state index >= 15 is 0 Å². The molecular formula is C13H17Cl2NO4S. The Bertz CT molecular complexity index is 646. The van der Waals surface area contributed by atoms with E-state index in [1.54, 1.807) is 0 Å². The zero-order valence-corrected chi connectivity index (χ0v) is 14.1. The third-order valence-electron chi connectivity index (χ3n) is 3.28. The average molecular weight is 354 g/mol. The first-order valence-corrected chi connectivity index (χ1v) is 8.60. The lowest BCUT2D eigenvalue weighted by Gasteiger charge is -2.37. The third-order valence-corrected chi connectivity index (χ3v) is 5.94. The van der Waals surface area contributed by atoms with Crippen molar-refractivity contribution in [3.05, 3.63) is 27.7 Å². The number of nitrogens with zero attached hydrogens (tertiary/aromatic N) is 1. The Hall–Kier alpha value is -0.370. The lowest BCUT2D eigenvalue weighted by molar-refractivity contribution is -0.0640. The van der Waals surface area contributed by atoms with Crippen LogP contribution < -0.4 is 0 Å². The smallest absolute Gasteiger partial charge is 0.244 e. The minimum atomic E-state index is -3.76. The van der Waals surface area contributed by atoms with Crippen molar-refractivity contribution in [3.63, 3.8) is 0 Å². The number of sulfonamides is 1. The number of benzene rings is 1. The number of hydrogen-bond acceptors (Lipinski definition) is 4. The Morgan fingerprint density at radius 1 is 1.33 bits per heavy atom. The monoisotopic (exact) mass is 353 g/mol. The third kappa shape index (κ3) is 3.52. The summed E-state index contributed by atoms with van der Waals surface area (Å²) in [6.07, 6.45) is 0. The first-order chi connectivity index (χ1) is 9.67. The second kappa shape index (κ2) is 6.02. The lowest BCUT2D eigenvalue weighted by Crippen LogP contribution is -2.50. The molecule has 0 saturated carbocycles. The predicted molar refractivity (Wildman–Crippen MR) is 81.2 cm³/mol. The number of halogens is 2. The van der Waals surface area contributed by atoms with E-state index in [9.17, 15) is 13.5 Å². The van der Waals surface area contributed by atoms with Crippen molar-refractivity contribution < 1.29 is 18.3 Å². The maximum atomic E-state index is 12.7. The molecule has 0 aromatic heterocycles. The number of aliphatic hydroxyl groups excluding tert-OH is 1. The van der Waals surface area contributed by atoms with Crippen LogP contribution in [0.5, 0.6) is 0 Å². The molecule has 0 amide bonds. The van der Waals surface area contributed by atoms with Crippen LogP contribution in [0.2, 0.25) is 10.0 Å². The fourth-order valence-corrected chi connectivity index (χ4v) is 4.61. The van der Waals surface area contributed by atoms with Gasteiger partial charge in [-0.05, 0) is 31.5 Å². The van der Waals surface area contributed by atoms with E-state index in [0.29, 0.717) is 12.2 Å². The molecule has 1 aliphatic heterocycles. The zero-order valence-electron chi connectivity index (χ0n) is 11.8. The van der Waals surface area contributed by atoms with E-state index < -0.39 is 15.6 Å². The molecule has 1 fully saturated rings. The molecule has 0 unspecified atom stereocenters. The molecular weight excluding hydrogens is 337 g/mol.